The minimum atomic E-state index is -0.0192. The van der Waals surface area contributed by atoms with Crippen LogP contribution in [-0.4, -0.2) is 38.6 Å². The number of methoxy groups -OCH3 is 1. The summed E-state index contributed by atoms with van der Waals surface area (Å²) in [6.45, 7) is 0.609. The van der Waals surface area contributed by atoms with E-state index in [1.54, 1.807) is 26.1 Å². The van der Waals surface area contributed by atoms with Crippen molar-refractivity contribution in [2.75, 3.05) is 27.8 Å². The second-order valence-electron chi connectivity index (χ2n) is 4.55. The number of hydrogen-bond donors (Lipinski definition) is 0. The Morgan fingerprint density at radius 1 is 1.44 bits per heavy atom. The van der Waals surface area contributed by atoms with Crippen molar-refractivity contribution in [3.8, 4) is 0 Å². The molecule has 1 atom stereocenters. The number of ether oxygens (including phenoxy) is 1. The predicted octanol–water partition coefficient (Wildman–Crippen LogP) is 2.73. The molecule has 0 saturated heterocycles. The molecule has 0 N–H and O–H groups in total. The molecule has 0 bridgehead atoms. The predicted molar refractivity (Wildman–Crippen MR) is 76.5 cm³/mol. The molecule has 3 nitrogen and oxygen atoms in total. The van der Waals surface area contributed by atoms with Crippen LogP contribution in [0.1, 0.15) is 12.0 Å². The van der Waals surface area contributed by atoms with Crippen LogP contribution in [0.3, 0.4) is 0 Å². The highest BCUT2D eigenvalue weighted by Gasteiger charge is 2.20. The van der Waals surface area contributed by atoms with Gasteiger partial charge in [0.05, 0.1) is 0 Å². The number of amides is 1. The zero-order chi connectivity index (χ0) is 13.5. The van der Waals surface area contributed by atoms with Crippen LogP contribution in [0.2, 0.25) is 0 Å². The van der Waals surface area contributed by atoms with Gasteiger partial charge in [-0.25, -0.2) is 0 Å². The van der Waals surface area contributed by atoms with Crippen LogP contribution >= 0.6 is 15.9 Å². The smallest absolute Gasteiger partial charge is 0.225 e. The lowest BCUT2D eigenvalue weighted by Gasteiger charge is -2.20. The summed E-state index contributed by atoms with van der Waals surface area (Å²) in [7, 11) is 5.25. The molecule has 0 aromatic heterocycles. The Kier molecular flexibility index (Phi) is 6.36. The second-order valence-corrected chi connectivity index (χ2v) is 5.46. The largest absolute Gasteiger partial charge is 0.385 e. The molecule has 0 spiro atoms. The van der Waals surface area contributed by atoms with Crippen molar-refractivity contribution in [2.24, 2.45) is 5.92 Å². The van der Waals surface area contributed by atoms with E-state index in [0.717, 1.165) is 17.3 Å². The van der Waals surface area contributed by atoms with E-state index >= 15 is 0 Å². The van der Waals surface area contributed by atoms with E-state index in [9.17, 15) is 4.79 Å². The molecule has 4 heteroatoms. The van der Waals surface area contributed by atoms with Crippen molar-refractivity contribution >= 4 is 21.8 Å². The van der Waals surface area contributed by atoms with Crippen LogP contribution in [0.4, 0.5) is 0 Å². The van der Waals surface area contributed by atoms with E-state index in [2.05, 4.69) is 22.0 Å². The summed E-state index contributed by atoms with van der Waals surface area (Å²) in [5.74, 6) is 0.140. The number of halogens is 1. The van der Waals surface area contributed by atoms with Crippen LogP contribution in [-0.2, 0) is 16.0 Å². The van der Waals surface area contributed by atoms with Gasteiger partial charge >= 0.3 is 0 Å². The molecule has 1 amide bonds. The molecular weight excluding hydrogens is 294 g/mol. The van der Waals surface area contributed by atoms with Crippen LogP contribution < -0.4 is 0 Å². The van der Waals surface area contributed by atoms with E-state index in [1.165, 1.54) is 5.56 Å². The van der Waals surface area contributed by atoms with Crippen LogP contribution in [0, 0.1) is 5.92 Å². The molecule has 18 heavy (non-hydrogen) atoms. The fourth-order valence-corrected chi connectivity index (χ4v) is 2.33. The maximum absolute atomic E-state index is 12.1. The first-order chi connectivity index (χ1) is 8.54. The summed E-state index contributed by atoms with van der Waals surface area (Å²) in [5, 5.41) is 0. The first-order valence-corrected chi connectivity index (χ1v) is 6.78. The third-order valence-electron chi connectivity index (χ3n) is 2.83. The number of hydrogen-bond acceptors (Lipinski definition) is 2. The minimum absolute atomic E-state index is 0.0192. The Morgan fingerprint density at radius 2 is 2.17 bits per heavy atom. The molecule has 1 aromatic carbocycles. The van der Waals surface area contributed by atoms with Crippen LogP contribution in [0.5, 0.6) is 0 Å². The number of carbonyl (C=O) groups excluding carboxylic acids is 1. The molecule has 0 aliphatic carbocycles. The van der Waals surface area contributed by atoms with Gasteiger partial charge in [0, 0.05) is 38.2 Å². The highest BCUT2D eigenvalue weighted by molar-refractivity contribution is 9.10. The van der Waals surface area contributed by atoms with Crippen molar-refractivity contribution in [1.82, 2.24) is 4.90 Å². The number of carbonyl (C=O) groups is 1. The van der Waals surface area contributed by atoms with Gasteiger partial charge in [-0.05, 0) is 30.5 Å². The van der Waals surface area contributed by atoms with Gasteiger partial charge in [-0.15, -0.1) is 0 Å². The molecule has 1 rings (SSSR count). The lowest BCUT2D eigenvalue weighted by molar-refractivity contribution is -0.133. The standard InChI is InChI=1S/C14H20BrNO2/c1-16(2)14(17)12(7-8-18-3)9-11-5-4-6-13(15)10-11/h4-6,10,12H,7-9H2,1-3H3. The van der Waals surface area contributed by atoms with E-state index in [-0.39, 0.29) is 11.8 Å². The molecule has 100 valence electrons. The van der Waals surface area contributed by atoms with Crippen LogP contribution in [0.15, 0.2) is 28.7 Å². The van der Waals surface area contributed by atoms with Gasteiger partial charge in [0.2, 0.25) is 5.91 Å². The summed E-state index contributed by atoms with van der Waals surface area (Å²) in [5.41, 5.74) is 1.17. The van der Waals surface area contributed by atoms with Gasteiger partial charge in [0.25, 0.3) is 0 Å². The van der Waals surface area contributed by atoms with Crippen molar-refractivity contribution in [3.05, 3.63) is 34.3 Å². The summed E-state index contributed by atoms with van der Waals surface area (Å²) in [6.07, 6.45) is 1.50. The minimum Gasteiger partial charge on any atom is -0.385 e. The van der Waals surface area contributed by atoms with Gasteiger partial charge in [-0.3, -0.25) is 4.79 Å². The second kappa shape index (κ2) is 7.54. The normalized spacial score (nSPS) is 12.2. The first kappa shape index (κ1) is 15.2. The Hall–Kier alpha value is -0.870. The number of nitrogens with zero attached hydrogens (tertiary/aromatic N) is 1. The molecule has 0 aliphatic rings. The Morgan fingerprint density at radius 3 is 2.72 bits per heavy atom. The SMILES string of the molecule is COCCC(Cc1cccc(Br)c1)C(=O)N(C)C. The van der Waals surface area contributed by atoms with Crippen molar-refractivity contribution in [2.45, 2.75) is 12.8 Å². The molecule has 1 aromatic rings. The zero-order valence-corrected chi connectivity index (χ0v) is 12.7. The van der Waals surface area contributed by atoms with Gasteiger partial charge in [0.15, 0.2) is 0 Å². The molecule has 0 aliphatic heterocycles. The molecule has 0 saturated carbocycles. The summed E-state index contributed by atoms with van der Waals surface area (Å²) < 4.78 is 6.13. The van der Waals surface area contributed by atoms with Gasteiger partial charge in [-0.1, -0.05) is 28.1 Å². The Balaban J connectivity index is 2.74. The summed E-state index contributed by atoms with van der Waals surface area (Å²) >= 11 is 3.45. The average Bonchev–Trinajstić information content (AvgIpc) is 2.33. The van der Waals surface area contributed by atoms with E-state index < -0.39 is 0 Å². The van der Waals surface area contributed by atoms with Crippen molar-refractivity contribution in [3.63, 3.8) is 0 Å². The zero-order valence-electron chi connectivity index (χ0n) is 11.1. The maximum Gasteiger partial charge on any atom is 0.225 e. The molecular formula is C14H20BrNO2. The topological polar surface area (TPSA) is 29.5 Å². The monoisotopic (exact) mass is 313 g/mol. The highest BCUT2D eigenvalue weighted by atomic mass is 79.9. The van der Waals surface area contributed by atoms with Gasteiger partial charge < -0.3 is 9.64 Å². The number of rotatable bonds is 6. The van der Waals surface area contributed by atoms with Crippen LogP contribution in [0.25, 0.3) is 0 Å². The Labute approximate surface area is 117 Å². The summed E-state index contributed by atoms with van der Waals surface area (Å²) in [4.78, 5) is 13.7. The number of benzene rings is 1. The summed E-state index contributed by atoms with van der Waals surface area (Å²) in [6, 6.07) is 8.09. The lowest BCUT2D eigenvalue weighted by Crippen LogP contribution is -2.31. The average molecular weight is 314 g/mol. The molecule has 0 heterocycles. The van der Waals surface area contributed by atoms with Crippen molar-refractivity contribution in [1.29, 1.82) is 0 Å². The van der Waals surface area contributed by atoms with E-state index in [0.29, 0.717) is 6.61 Å². The highest BCUT2D eigenvalue weighted by Crippen LogP contribution is 2.18. The maximum atomic E-state index is 12.1. The first-order valence-electron chi connectivity index (χ1n) is 5.99. The molecule has 1 unspecified atom stereocenters. The third-order valence-corrected chi connectivity index (χ3v) is 3.32. The van der Waals surface area contributed by atoms with E-state index in [1.807, 2.05) is 18.2 Å². The quantitative estimate of drug-likeness (QED) is 0.808. The fraction of sp³-hybridized carbons (Fsp3) is 0.500. The fourth-order valence-electron chi connectivity index (χ4n) is 1.89. The molecule has 0 fully saturated rings. The van der Waals surface area contributed by atoms with Crippen molar-refractivity contribution < 1.29 is 9.53 Å². The lowest BCUT2D eigenvalue weighted by atomic mass is 9.95. The third kappa shape index (κ3) is 4.78. The Bertz CT molecular complexity index is 393. The van der Waals surface area contributed by atoms with E-state index in [4.69, 9.17) is 4.74 Å². The molecule has 0 radical (unpaired) electrons. The van der Waals surface area contributed by atoms with Gasteiger partial charge in [-0.2, -0.15) is 0 Å². The van der Waals surface area contributed by atoms with Gasteiger partial charge in [0.1, 0.15) is 0 Å².